The molecule has 5 rings (SSSR count). The van der Waals surface area contributed by atoms with E-state index in [0.29, 0.717) is 5.92 Å². The average Bonchev–Trinajstić information content (AvgIpc) is 3.13. The normalized spacial score (nSPS) is 15.1. The summed E-state index contributed by atoms with van der Waals surface area (Å²) in [5.74, 6) is 2.24. The summed E-state index contributed by atoms with van der Waals surface area (Å²) in [6.45, 7) is 0. The van der Waals surface area contributed by atoms with Crippen molar-refractivity contribution in [3.8, 4) is 0 Å². The minimum Gasteiger partial charge on any atom is -0.338 e. The Kier molecular flexibility index (Phi) is 2.81. The first-order valence-corrected chi connectivity index (χ1v) is 8.56. The summed E-state index contributed by atoms with van der Waals surface area (Å²) in [6, 6.07) is 6.09. The Bertz CT molecular complexity index is 1000. The number of rotatable bonds is 3. The van der Waals surface area contributed by atoms with E-state index in [-0.39, 0.29) is 0 Å². The van der Waals surface area contributed by atoms with Crippen LogP contribution in [0.1, 0.15) is 31.0 Å². The maximum absolute atomic E-state index is 4.76. The van der Waals surface area contributed by atoms with Crippen LogP contribution in [0.2, 0.25) is 0 Å². The molecule has 0 aliphatic heterocycles. The van der Waals surface area contributed by atoms with Gasteiger partial charge >= 0.3 is 0 Å². The van der Waals surface area contributed by atoms with Crippen LogP contribution in [0.4, 0.5) is 11.5 Å². The lowest BCUT2D eigenvalue weighted by Gasteiger charge is -2.24. The van der Waals surface area contributed by atoms with Gasteiger partial charge in [0.15, 0.2) is 5.82 Å². The number of benzene rings is 1. The number of nitrogens with zero attached hydrogens (tertiary/aromatic N) is 4. The summed E-state index contributed by atoms with van der Waals surface area (Å²) >= 11 is 1.56. The minimum atomic E-state index is 0.499. The molecule has 0 unspecified atom stereocenters. The molecular weight excluding hydrogens is 308 g/mol. The van der Waals surface area contributed by atoms with Gasteiger partial charge in [-0.3, -0.25) is 5.10 Å². The van der Waals surface area contributed by atoms with Gasteiger partial charge in [-0.2, -0.15) is 5.10 Å². The molecule has 1 aliphatic carbocycles. The van der Waals surface area contributed by atoms with Crippen LogP contribution in [0.25, 0.3) is 21.3 Å². The SMILES string of the molecule is c1nc2c(Nc3ccc4[nH]ncc4c3)nc(C3CCC3)nc2s1. The van der Waals surface area contributed by atoms with Gasteiger partial charge in [0.05, 0.1) is 17.2 Å². The number of nitrogens with one attached hydrogen (secondary N) is 2. The summed E-state index contributed by atoms with van der Waals surface area (Å²) < 4.78 is 0. The highest BCUT2D eigenvalue weighted by Crippen LogP contribution is 2.37. The van der Waals surface area contributed by atoms with Crippen LogP contribution in [-0.2, 0) is 0 Å². The first-order chi connectivity index (χ1) is 11.4. The zero-order chi connectivity index (χ0) is 15.2. The van der Waals surface area contributed by atoms with Gasteiger partial charge in [0.1, 0.15) is 16.2 Å². The van der Waals surface area contributed by atoms with Gasteiger partial charge in [0, 0.05) is 17.0 Å². The van der Waals surface area contributed by atoms with Crippen molar-refractivity contribution >= 4 is 44.1 Å². The predicted molar refractivity (Wildman–Crippen MR) is 91.2 cm³/mol. The zero-order valence-electron chi connectivity index (χ0n) is 12.3. The zero-order valence-corrected chi connectivity index (χ0v) is 13.1. The summed E-state index contributed by atoms with van der Waals surface area (Å²) in [6.07, 6.45) is 5.46. The Balaban J connectivity index is 1.58. The largest absolute Gasteiger partial charge is 0.338 e. The molecule has 3 aromatic heterocycles. The van der Waals surface area contributed by atoms with Crippen LogP contribution in [0.5, 0.6) is 0 Å². The standard InChI is InChI=1S/C16H14N6S/c1-2-9(3-1)14-20-15(13-16(21-14)23-8-17-13)19-11-4-5-12-10(6-11)7-18-22-12/h4-9H,1-3H2,(H,18,22)(H,19,20,21). The quantitative estimate of drug-likeness (QED) is 0.596. The van der Waals surface area contributed by atoms with Gasteiger partial charge < -0.3 is 5.32 Å². The Morgan fingerprint density at radius 1 is 1.22 bits per heavy atom. The second-order valence-electron chi connectivity index (χ2n) is 5.86. The lowest BCUT2D eigenvalue weighted by molar-refractivity contribution is 0.403. The molecule has 114 valence electrons. The van der Waals surface area contributed by atoms with Crippen molar-refractivity contribution in [2.24, 2.45) is 0 Å². The fraction of sp³-hybridized carbons (Fsp3) is 0.250. The van der Waals surface area contributed by atoms with Crippen LogP contribution in [0, 0.1) is 0 Å². The molecule has 23 heavy (non-hydrogen) atoms. The van der Waals surface area contributed by atoms with Crippen molar-refractivity contribution < 1.29 is 0 Å². The maximum atomic E-state index is 4.76. The third-order valence-corrected chi connectivity index (χ3v) is 5.11. The number of hydrogen-bond donors (Lipinski definition) is 2. The Labute approximate surface area is 136 Å². The molecule has 0 spiro atoms. The van der Waals surface area contributed by atoms with Gasteiger partial charge in [-0.25, -0.2) is 15.0 Å². The van der Waals surface area contributed by atoms with E-state index in [0.717, 1.165) is 38.6 Å². The molecule has 4 aromatic rings. The molecule has 6 nitrogen and oxygen atoms in total. The van der Waals surface area contributed by atoms with E-state index < -0.39 is 0 Å². The van der Waals surface area contributed by atoms with E-state index in [9.17, 15) is 0 Å². The van der Waals surface area contributed by atoms with E-state index >= 15 is 0 Å². The molecule has 0 bridgehead atoms. The van der Waals surface area contributed by atoms with Crippen molar-refractivity contribution in [3.05, 3.63) is 35.7 Å². The van der Waals surface area contributed by atoms with E-state index in [4.69, 9.17) is 9.97 Å². The molecule has 0 radical (unpaired) electrons. The van der Waals surface area contributed by atoms with Crippen molar-refractivity contribution in [2.75, 3.05) is 5.32 Å². The molecule has 7 heteroatoms. The van der Waals surface area contributed by atoms with Crippen LogP contribution >= 0.6 is 11.3 Å². The monoisotopic (exact) mass is 322 g/mol. The Hall–Kier alpha value is -2.54. The third-order valence-electron chi connectivity index (χ3n) is 4.39. The first kappa shape index (κ1) is 13.0. The van der Waals surface area contributed by atoms with Crippen molar-refractivity contribution in [1.82, 2.24) is 25.1 Å². The lowest BCUT2D eigenvalue weighted by Crippen LogP contribution is -2.13. The van der Waals surface area contributed by atoms with Gasteiger partial charge in [0.25, 0.3) is 0 Å². The second-order valence-corrected chi connectivity index (χ2v) is 6.69. The highest BCUT2D eigenvalue weighted by atomic mass is 32.1. The molecular formula is C16H14N6S. The van der Waals surface area contributed by atoms with Crippen LogP contribution in [-0.4, -0.2) is 25.1 Å². The molecule has 1 fully saturated rings. The van der Waals surface area contributed by atoms with Gasteiger partial charge in [-0.05, 0) is 31.0 Å². The average molecular weight is 322 g/mol. The minimum absolute atomic E-state index is 0.499. The van der Waals surface area contributed by atoms with Gasteiger partial charge in [-0.15, -0.1) is 11.3 Å². The van der Waals surface area contributed by atoms with E-state index in [1.165, 1.54) is 19.3 Å². The summed E-state index contributed by atoms with van der Waals surface area (Å²) in [7, 11) is 0. The van der Waals surface area contributed by atoms with E-state index in [2.05, 4.69) is 26.6 Å². The molecule has 1 aliphatic rings. The molecule has 0 atom stereocenters. The van der Waals surface area contributed by atoms with Crippen LogP contribution < -0.4 is 5.32 Å². The molecule has 2 N–H and O–H groups in total. The van der Waals surface area contributed by atoms with E-state index in [1.807, 2.05) is 23.8 Å². The van der Waals surface area contributed by atoms with Crippen molar-refractivity contribution in [3.63, 3.8) is 0 Å². The predicted octanol–water partition coefficient (Wildman–Crippen LogP) is 3.97. The van der Waals surface area contributed by atoms with Gasteiger partial charge in [-0.1, -0.05) is 6.42 Å². The van der Waals surface area contributed by atoms with Crippen molar-refractivity contribution in [1.29, 1.82) is 0 Å². The number of hydrogen-bond acceptors (Lipinski definition) is 6. The maximum Gasteiger partial charge on any atom is 0.161 e. The lowest BCUT2D eigenvalue weighted by atomic mass is 9.85. The van der Waals surface area contributed by atoms with Crippen molar-refractivity contribution in [2.45, 2.75) is 25.2 Å². The molecule has 0 amide bonds. The smallest absolute Gasteiger partial charge is 0.161 e. The topological polar surface area (TPSA) is 79.4 Å². The Morgan fingerprint density at radius 3 is 3.04 bits per heavy atom. The second kappa shape index (κ2) is 4.99. The number of aromatic nitrogens is 5. The Morgan fingerprint density at radius 2 is 2.17 bits per heavy atom. The van der Waals surface area contributed by atoms with Gasteiger partial charge in [0.2, 0.25) is 0 Å². The number of anilines is 2. The van der Waals surface area contributed by atoms with Crippen LogP contribution in [0.3, 0.4) is 0 Å². The summed E-state index contributed by atoms with van der Waals surface area (Å²) in [5.41, 5.74) is 4.66. The third kappa shape index (κ3) is 2.16. The molecule has 1 saturated carbocycles. The summed E-state index contributed by atoms with van der Waals surface area (Å²) in [4.78, 5) is 14.8. The summed E-state index contributed by atoms with van der Waals surface area (Å²) in [5, 5.41) is 11.5. The number of H-pyrrole nitrogens is 1. The molecule has 3 heterocycles. The molecule has 0 saturated heterocycles. The number of thiazole rings is 1. The fourth-order valence-corrected chi connectivity index (χ4v) is 3.54. The molecule has 1 aromatic carbocycles. The number of fused-ring (bicyclic) bond motifs is 2. The number of aromatic amines is 1. The van der Waals surface area contributed by atoms with E-state index in [1.54, 1.807) is 11.3 Å². The first-order valence-electron chi connectivity index (χ1n) is 7.68. The highest BCUT2D eigenvalue weighted by Gasteiger charge is 2.24. The highest BCUT2D eigenvalue weighted by molar-refractivity contribution is 7.16. The fourth-order valence-electron chi connectivity index (χ4n) is 2.87. The van der Waals surface area contributed by atoms with Crippen LogP contribution in [0.15, 0.2) is 29.9 Å².